The fourth-order valence-electron chi connectivity index (χ4n) is 3.02. The second kappa shape index (κ2) is 8.29. The highest BCUT2D eigenvalue weighted by Crippen LogP contribution is 2.33. The summed E-state index contributed by atoms with van der Waals surface area (Å²) in [6.07, 6.45) is 1.17. The lowest BCUT2D eigenvalue weighted by molar-refractivity contribution is -0.384. The number of nitro groups is 1. The third-order valence-electron chi connectivity index (χ3n) is 4.53. The van der Waals surface area contributed by atoms with Crippen LogP contribution in [0.2, 0.25) is 10.0 Å². The molecule has 1 fully saturated rings. The van der Waals surface area contributed by atoms with Gasteiger partial charge in [0, 0.05) is 22.7 Å². The third kappa shape index (κ3) is 3.98. The molecule has 1 N–H and O–H groups in total. The number of halogens is 2. The second-order valence-electron chi connectivity index (χ2n) is 6.56. The van der Waals surface area contributed by atoms with Gasteiger partial charge >= 0.3 is 6.03 Å². The van der Waals surface area contributed by atoms with Gasteiger partial charge in [-0.25, -0.2) is 9.69 Å². The second-order valence-corrected chi connectivity index (χ2v) is 7.40. The van der Waals surface area contributed by atoms with Crippen molar-refractivity contribution in [3.8, 4) is 11.3 Å². The van der Waals surface area contributed by atoms with Crippen molar-refractivity contribution in [3.05, 3.63) is 86.1 Å². The van der Waals surface area contributed by atoms with Crippen molar-refractivity contribution in [2.24, 2.45) is 0 Å². The summed E-state index contributed by atoms with van der Waals surface area (Å²) >= 11 is 12.0. The van der Waals surface area contributed by atoms with Gasteiger partial charge in [0.1, 0.15) is 17.1 Å². The summed E-state index contributed by atoms with van der Waals surface area (Å²) in [5.41, 5.74) is -0.0352. The molecule has 0 unspecified atom stereocenters. The number of benzene rings is 2. The Morgan fingerprint density at radius 1 is 1.00 bits per heavy atom. The molecule has 1 saturated heterocycles. The number of hydrogen-bond donors (Lipinski definition) is 1. The third-order valence-corrected chi connectivity index (χ3v) is 5.11. The number of urea groups is 1. The summed E-state index contributed by atoms with van der Waals surface area (Å²) in [6, 6.07) is 11.8. The molecule has 1 aliphatic heterocycles. The van der Waals surface area contributed by atoms with Gasteiger partial charge in [0.15, 0.2) is 0 Å². The molecule has 2 heterocycles. The van der Waals surface area contributed by atoms with Crippen LogP contribution in [0.25, 0.3) is 17.4 Å². The maximum Gasteiger partial charge on any atom is 0.335 e. The van der Waals surface area contributed by atoms with Crippen LogP contribution in [0.4, 0.5) is 16.2 Å². The fourth-order valence-corrected chi connectivity index (χ4v) is 3.35. The maximum absolute atomic E-state index is 12.9. The van der Waals surface area contributed by atoms with Crippen molar-refractivity contribution >= 4 is 58.5 Å². The Hall–Kier alpha value is -3.95. The average molecular weight is 472 g/mol. The van der Waals surface area contributed by atoms with Gasteiger partial charge in [-0.3, -0.25) is 25.0 Å². The monoisotopic (exact) mass is 471 g/mol. The normalized spacial score (nSPS) is 15.2. The van der Waals surface area contributed by atoms with Crippen LogP contribution in [0.1, 0.15) is 5.76 Å². The van der Waals surface area contributed by atoms with E-state index in [1.54, 1.807) is 0 Å². The van der Waals surface area contributed by atoms with Gasteiger partial charge in [0.05, 0.1) is 15.6 Å². The van der Waals surface area contributed by atoms with Crippen LogP contribution in [0.5, 0.6) is 0 Å². The van der Waals surface area contributed by atoms with Crippen LogP contribution in [0.3, 0.4) is 0 Å². The molecule has 2 aromatic carbocycles. The van der Waals surface area contributed by atoms with Crippen LogP contribution in [-0.2, 0) is 9.59 Å². The lowest BCUT2D eigenvalue weighted by Crippen LogP contribution is -2.54. The molecule has 0 spiro atoms. The summed E-state index contributed by atoms with van der Waals surface area (Å²) in [6.45, 7) is 0. The average Bonchev–Trinajstić information content (AvgIpc) is 3.21. The quantitative estimate of drug-likeness (QED) is 0.251. The molecule has 0 radical (unpaired) electrons. The Labute approximate surface area is 190 Å². The van der Waals surface area contributed by atoms with Crippen LogP contribution in [0.15, 0.2) is 64.6 Å². The molecule has 0 bridgehead atoms. The first-order valence-electron chi connectivity index (χ1n) is 8.96. The lowest BCUT2D eigenvalue weighted by Gasteiger charge is -2.26. The molecule has 3 aromatic rings. The highest BCUT2D eigenvalue weighted by molar-refractivity contribution is 6.39. The minimum atomic E-state index is -0.900. The van der Waals surface area contributed by atoms with Crippen LogP contribution >= 0.6 is 23.2 Å². The lowest BCUT2D eigenvalue weighted by atomic mass is 10.1. The molecule has 0 aliphatic carbocycles. The largest absolute Gasteiger partial charge is 0.457 e. The predicted octanol–water partition coefficient (Wildman–Crippen LogP) is 4.83. The molecule has 4 amide bonds. The number of carbonyl (C=O) groups is 3. The Morgan fingerprint density at radius 3 is 2.41 bits per heavy atom. The minimum Gasteiger partial charge on any atom is -0.457 e. The smallest absolute Gasteiger partial charge is 0.335 e. The van der Waals surface area contributed by atoms with Crippen molar-refractivity contribution in [2.75, 3.05) is 4.90 Å². The van der Waals surface area contributed by atoms with Gasteiger partial charge < -0.3 is 4.42 Å². The zero-order valence-electron chi connectivity index (χ0n) is 15.9. The first kappa shape index (κ1) is 21.3. The molecule has 160 valence electrons. The molecule has 0 atom stereocenters. The van der Waals surface area contributed by atoms with E-state index < -0.39 is 22.8 Å². The topological polar surface area (TPSA) is 123 Å². The van der Waals surface area contributed by atoms with E-state index in [1.807, 2.05) is 0 Å². The first-order valence-corrected chi connectivity index (χ1v) is 9.71. The molecule has 1 aliphatic rings. The van der Waals surface area contributed by atoms with Crippen LogP contribution in [-0.4, -0.2) is 22.8 Å². The number of amides is 4. The Morgan fingerprint density at radius 2 is 1.72 bits per heavy atom. The van der Waals surface area contributed by atoms with E-state index in [1.165, 1.54) is 60.7 Å². The van der Waals surface area contributed by atoms with E-state index in [2.05, 4.69) is 5.32 Å². The van der Waals surface area contributed by atoms with E-state index in [-0.39, 0.29) is 39.1 Å². The fraction of sp³-hybridized carbons (Fsp3) is 0. The van der Waals surface area contributed by atoms with Gasteiger partial charge in [-0.2, -0.15) is 0 Å². The van der Waals surface area contributed by atoms with E-state index in [4.69, 9.17) is 27.6 Å². The number of nitrogens with one attached hydrogen (secondary N) is 1. The number of non-ortho nitro benzene ring substituents is 1. The molecule has 1 aromatic heterocycles. The van der Waals surface area contributed by atoms with E-state index in [0.29, 0.717) is 5.02 Å². The van der Waals surface area contributed by atoms with Gasteiger partial charge in [-0.15, -0.1) is 0 Å². The standard InChI is InChI=1S/C21H11Cl2N3O6/c22-11-1-3-12(4-2-11)25-20(28)16(19(27)24-21(25)29)10-14-6-8-18(32-14)15-9-13(26(30)31)5-7-17(15)23/h1-10H,(H,24,27,29)/b16-10+. The Balaban J connectivity index is 1.69. The number of nitrogens with zero attached hydrogens (tertiary/aromatic N) is 2. The number of imide groups is 2. The number of anilines is 1. The summed E-state index contributed by atoms with van der Waals surface area (Å²) in [5.74, 6) is -1.45. The number of furan rings is 1. The number of nitro benzene ring substituents is 1. The van der Waals surface area contributed by atoms with E-state index in [0.717, 1.165) is 4.90 Å². The van der Waals surface area contributed by atoms with Crippen molar-refractivity contribution in [1.29, 1.82) is 0 Å². The van der Waals surface area contributed by atoms with Crippen LogP contribution in [0, 0.1) is 10.1 Å². The molecule has 9 nitrogen and oxygen atoms in total. The van der Waals surface area contributed by atoms with Crippen molar-refractivity contribution < 1.29 is 23.7 Å². The predicted molar refractivity (Wildman–Crippen MR) is 116 cm³/mol. The van der Waals surface area contributed by atoms with Crippen molar-refractivity contribution in [2.45, 2.75) is 0 Å². The van der Waals surface area contributed by atoms with Gasteiger partial charge in [-0.1, -0.05) is 23.2 Å². The van der Waals surface area contributed by atoms with Crippen LogP contribution < -0.4 is 10.2 Å². The molecular formula is C21H11Cl2N3O6. The SMILES string of the molecule is O=C1NC(=O)N(c2ccc(Cl)cc2)C(=O)/C1=C/c1ccc(-c2cc([N+](=O)[O-])ccc2Cl)o1. The zero-order valence-corrected chi connectivity index (χ0v) is 17.4. The molecule has 32 heavy (non-hydrogen) atoms. The summed E-state index contributed by atoms with van der Waals surface area (Å²) in [5, 5.41) is 13.8. The van der Waals surface area contributed by atoms with E-state index >= 15 is 0 Å². The minimum absolute atomic E-state index is 0.103. The summed E-state index contributed by atoms with van der Waals surface area (Å²) in [7, 11) is 0. The highest BCUT2D eigenvalue weighted by atomic mass is 35.5. The summed E-state index contributed by atoms with van der Waals surface area (Å²) in [4.78, 5) is 48.7. The van der Waals surface area contributed by atoms with Crippen molar-refractivity contribution in [3.63, 3.8) is 0 Å². The number of rotatable bonds is 4. The molecule has 0 saturated carbocycles. The van der Waals surface area contributed by atoms with Gasteiger partial charge in [0.25, 0.3) is 17.5 Å². The van der Waals surface area contributed by atoms with Gasteiger partial charge in [0.2, 0.25) is 0 Å². The maximum atomic E-state index is 12.9. The number of hydrogen-bond acceptors (Lipinski definition) is 6. The number of carbonyl (C=O) groups excluding carboxylic acids is 3. The Bertz CT molecular complexity index is 1310. The summed E-state index contributed by atoms with van der Waals surface area (Å²) < 4.78 is 5.63. The van der Waals surface area contributed by atoms with E-state index in [9.17, 15) is 24.5 Å². The first-order chi connectivity index (χ1) is 15.2. The van der Waals surface area contributed by atoms with Gasteiger partial charge in [-0.05, 0) is 48.5 Å². The molecular weight excluding hydrogens is 461 g/mol. The molecule has 4 rings (SSSR count). The number of barbiturate groups is 1. The zero-order chi connectivity index (χ0) is 23.0. The highest BCUT2D eigenvalue weighted by Gasteiger charge is 2.37. The van der Waals surface area contributed by atoms with Crippen molar-refractivity contribution in [1.82, 2.24) is 5.32 Å². The molecule has 11 heteroatoms. The Kier molecular flexibility index (Phi) is 5.52.